The van der Waals surface area contributed by atoms with Crippen LogP contribution in [0, 0.1) is 0 Å². The summed E-state index contributed by atoms with van der Waals surface area (Å²) in [7, 11) is 0. The zero-order chi connectivity index (χ0) is 15.5. The molecule has 1 fully saturated rings. The highest BCUT2D eigenvalue weighted by Gasteiger charge is 2.34. The fraction of sp³-hybridized carbons (Fsp3) is 0.154. The molecule has 7 nitrogen and oxygen atoms in total. The Morgan fingerprint density at radius 1 is 1.18 bits per heavy atom. The Morgan fingerprint density at radius 3 is 2.64 bits per heavy atom. The van der Waals surface area contributed by atoms with E-state index in [9.17, 15) is 9.59 Å². The second kappa shape index (κ2) is 6.29. The minimum absolute atomic E-state index is 0.230. The van der Waals surface area contributed by atoms with Crippen molar-refractivity contribution in [1.82, 2.24) is 25.1 Å². The van der Waals surface area contributed by atoms with Gasteiger partial charge in [-0.3, -0.25) is 14.5 Å². The lowest BCUT2D eigenvalue weighted by atomic mass is 10.2. The van der Waals surface area contributed by atoms with Gasteiger partial charge in [-0.05, 0) is 46.0 Å². The van der Waals surface area contributed by atoms with Gasteiger partial charge in [0.05, 0.1) is 11.4 Å². The Morgan fingerprint density at radius 2 is 1.95 bits per heavy atom. The lowest BCUT2D eigenvalue weighted by molar-refractivity contribution is -0.122. The molecule has 0 atom stereocenters. The summed E-state index contributed by atoms with van der Waals surface area (Å²) in [5.74, 6) is -0.307. The number of carbonyl (C=O) groups excluding carboxylic acids is 2. The van der Waals surface area contributed by atoms with Crippen LogP contribution >= 0.6 is 23.4 Å². The topological polar surface area (TPSA) is 81.0 Å². The number of tetrazole rings is 1. The van der Waals surface area contributed by atoms with E-state index in [1.165, 1.54) is 15.9 Å². The minimum atomic E-state index is -0.307. The van der Waals surface area contributed by atoms with E-state index in [1.807, 2.05) is 0 Å². The third kappa shape index (κ3) is 3.18. The Hall–Kier alpha value is -2.19. The SMILES string of the molecule is O=C1S/C(=C/c2ccc(Cl)cc2)C(=O)N1CCn1cnnn1. The maximum absolute atomic E-state index is 12.3. The molecule has 9 heteroatoms. The van der Waals surface area contributed by atoms with Crippen LogP contribution in [0.3, 0.4) is 0 Å². The number of nitrogens with zero attached hydrogens (tertiary/aromatic N) is 5. The second-order valence-electron chi connectivity index (χ2n) is 4.46. The Bertz CT molecular complexity index is 729. The molecule has 0 aliphatic carbocycles. The van der Waals surface area contributed by atoms with Crippen LogP contribution in [0.1, 0.15) is 5.56 Å². The lowest BCUT2D eigenvalue weighted by Crippen LogP contribution is -2.31. The van der Waals surface area contributed by atoms with E-state index in [-0.39, 0.29) is 17.7 Å². The Kier molecular flexibility index (Phi) is 4.21. The van der Waals surface area contributed by atoms with E-state index in [2.05, 4.69) is 15.5 Å². The molecule has 0 unspecified atom stereocenters. The fourth-order valence-electron chi connectivity index (χ4n) is 1.89. The molecule has 112 valence electrons. The first-order chi connectivity index (χ1) is 10.6. The first-order valence-electron chi connectivity index (χ1n) is 6.35. The molecule has 1 aromatic carbocycles. The predicted octanol–water partition coefficient (Wildman–Crippen LogP) is 2.06. The van der Waals surface area contributed by atoms with Crippen molar-refractivity contribution in [2.24, 2.45) is 0 Å². The van der Waals surface area contributed by atoms with Crippen LogP contribution in [0.4, 0.5) is 4.79 Å². The standard InChI is InChI=1S/C13H10ClN5O2S/c14-10-3-1-9(2-4-10)7-11-12(20)19(13(21)22-11)6-5-18-8-15-16-17-18/h1-4,7-8H,5-6H2/b11-7+. The van der Waals surface area contributed by atoms with Crippen molar-refractivity contribution >= 4 is 40.6 Å². The number of aromatic nitrogens is 4. The molecular weight excluding hydrogens is 326 g/mol. The number of thioether (sulfide) groups is 1. The molecule has 0 saturated carbocycles. The van der Waals surface area contributed by atoms with E-state index in [0.29, 0.717) is 16.5 Å². The molecule has 1 saturated heterocycles. The average molecular weight is 336 g/mol. The van der Waals surface area contributed by atoms with E-state index >= 15 is 0 Å². The van der Waals surface area contributed by atoms with Crippen molar-refractivity contribution in [3.8, 4) is 0 Å². The van der Waals surface area contributed by atoms with Crippen LogP contribution in [-0.2, 0) is 11.3 Å². The number of halogens is 1. The summed E-state index contributed by atoms with van der Waals surface area (Å²) >= 11 is 6.74. The van der Waals surface area contributed by atoms with Gasteiger partial charge < -0.3 is 0 Å². The first kappa shape index (κ1) is 14.7. The summed E-state index contributed by atoms with van der Waals surface area (Å²) in [4.78, 5) is 25.8. The second-order valence-corrected chi connectivity index (χ2v) is 5.89. The molecule has 1 aliphatic rings. The van der Waals surface area contributed by atoms with Gasteiger partial charge in [0.15, 0.2) is 0 Å². The number of carbonyl (C=O) groups is 2. The molecule has 1 aliphatic heterocycles. The van der Waals surface area contributed by atoms with Crippen molar-refractivity contribution in [2.75, 3.05) is 6.54 Å². The molecule has 22 heavy (non-hydrogen) atoms. The Labute approximate surface area is 134 Å². The summed E-state index contributed by atoms with van der Waals surface area (Å²) in [6, 6.07) is 7.04. The highest BCUT2D eigenvalue weighted by molar-refractivity contribution is 8.18. The van der Waals surface area contributed by atoms with Crippen LogP contribution < -0.4 is 0 Å². The molecule has 2 aromatic rings. The molecule has 2 heterocycles. The number of imide groups is 1. The molecule has 3 rings (SSSR count). The molecule has 0 bridgehead atoms. The zero-order valence-electron chi connectivity index (χ0n) is 11.2. The maximum Gasteiger partial charge on any atom is 0.293 e. The van der Waals surface area contributed by atoms with Gasteiger partial charge in [0, 0.05) is 11.6 Å². The van der Waals surface area contributed by atoms with Gasteiger partial charge in [0.1, 0.15) is 6.33 Å². The summed E-state index contributed by atoms with van der Waals surface area (Å²) < 4.78 is 1.46. The number of rotatable bonds is 4. The van der Waals surface area contributed by atoms with Crippen LogP contribution in [0.15, 0.2) is 35.5 Å². The van der Waals surface area contributed by atoms with Crippen LogP contribution in [0.25, 0.3) is 6.08 Å². The molecule has 2 amide bonds. The highest BCUT2D eigenvalue weighted by Crippen LogP contribution is 2.32. The predicted molar refractivity (Wildman–Crippen MR) is 81.9 cm³/mol. The smallest absolute Gasteiger partial charge is 0.268 e. The van der Waals surface area contributed by atoms with Gasteiger partial charge in [-0.15, -0.1) is 5.10 Å². The van der Waals surface area contributed by atoms with Gasteiger partial charge in [-0.1, -0.05) is 23.7 Å². The van der Waals surface area contributed by atoms with Crippen molar-refractivity contribution in [3.05, 3.63) is 46.1 Å². The maximum atomic E-state index is 12.3. The average Bonchev–Trinajstić information content (AvgIpc) is 3.10. The number of hydrogen-bond acceptors (Lipinski definition) is 6. The molecular formula is C13H10ClN5O2S. The molecule has 0 N–H and O–H groups in total. The summed E-state index contributed by atoms with van der Waals surface area (Å²) in [6.07, 6.45) is 3.11. The largest absolute Gasteiger partial charge is 0.293 e. The van der Waals surface area contributed by atoms with E-state index in [1.54, 1.807) is 30.3 Å². The quantitative estimate of drug-likeness (QED) is 0.795. The van der Waals surface area contributed by atoms with Gasteiger partial charge in [0.2, 0.25) is 0 Å². The van der Waals surface area contributed by atoms with Crippen LogP contribution in [-0.4, -0.2) is 42.8 Å². The van der Waals surface area contributed by atoms with E-state index in [4.69, 9.17) is 11.6 Å². The third-order valence-electron chi connectivity index (χ3n) is 2.99. The van der Waals surface area contributed by atoms with Gasteiger partial charge >= 0.3 is 0 Å². The molecule has 1 aromatic heterocycles. The zero-order valence-corrected chi connectivity index (χ0v) is 12.8. The van der Waals surface area contributed by atoms with Crippen molar-refractivity contribution in [3.63, 3.8) is 0 Å². The van der Waals surface area contributed by atoms with E-state index < -0.39 is 0 Å². The molecule has 0 radical (unpaired) electrons. The summed E-state index contributed by atoms with van der Waals surface area (Å²) in [5.41, 5.74) is 0.815. The first-order valence-corrected chi connectivity index (χ1v) is 7.54. The number of amides is 2. The third-order valence-corrected chi connectivity index (χ3v) is 4.14. The lowest BCUT2D eigenvalue weighted by Gasteiger charge is -2.11. The normalized spacial score (nSPS) is 16.8. The minimum Gasteiger partial charge on any atom is -0.268 e. The highest BCUT2D eigenvalue weighted by atomic mass is 35.5. The summed E-state index contributed by atoms with van der Waals surface area (Å²) in [5, 5.41) is 11.0. The van der Waals surface area contributed by atoms with Gasteiger partial charge in [-0.2, -0.15) is 0 Å². The van der Waals surface area contributed by atoms with Gasteiger partial charge in [-0.25, -0.2) is 4.68 Å². The fourth-order valence-corrected chi connectivity index (χ4v) is 2.88. The van der Waals surface area contributed by atoms with Gasteiger partial charge in [0.25, 0.3) is 11.1 Å². The van der Waals surface area contributed by atoms with Crippen molar-refractivity contribution in [1.29, 1.82) is 0 Å². The number of benzene rings is 1. The van der Waals surface area contributed by atoms with Crippen molar-refractivity contribution < 1.29 is 9.59 Å². The Balaban J connectivity index is 1.72. The van der Waals surface area contributed by atoms with Crippen molar-refractivity contribution in [2.45, 2.75) is 6.54 Å². The van der Waals surface area contributed by atoms with E-state index in [0.717, 1.165) is 17.3 Å². The monoisotopic (exact) mass is 335 g/mol. The van der Waals surface area contributed by atoms with Crippen LogP contribution in [0.2, 0.25) is 5.02 Å². The molecule has 0 spiro atoms. The number of hydrogen-bond donors (Lipinski definition) is 0. The van der Waals surface area contributed by atoms with Crippen LogP contribution in [0.5, 0.6) is 0 Å². The summed E-state index contributed by atoms with van der Waals surface area (Å²) in [6.45, 7) is 0.590.